The first kappa shape index (κ1) is 15.9. The van der Waals surface area contributed by atoms with E-state index in [0.29, 0.717) is 33.7 Å². The van der Waals surface area contributed by atoms with Crippen LogP contribution in [0.25, 0.3) is 0 Å². The van der Waals surface area contributed by atoms with Gasteiger partial charge in [-0.1, -0.05) is 23.7 Å². The van der Waals surface area contributed by atoms with Crippen LogP contribution in [0.3, 0.4) is 0 Å². The van der Waals surface area contributed by atoms with Gasteiger partial charge in [0.05, 0.1) is 28.1 Å². The maximum Gasteiger partial charge on any atom is 0.120 e. The van der Waals surface area contributed by atoms with E-state index in [-0.39, 0.29) is 0 Å². The molecule has 2 aromatic carbocycles. The maximum atomic E-state index is 12.5. The molecule has 2 N–H and O–H groups in total. The van der Waals surface area contributed by atoms with Crippen LogP contribution >= 0.6 is 11.6 Å². The second-order valence-electron chi connectivity index (χ2n) is 4.72. The Kier molecular flexibility index (Phi) is 5.26. The van der Waals surface area contributed by atoms with Crippen LogP contribution in [0, 0.1) is 6.92 Å². The van der Waals surface area contributed by atoms with E-state index >= 15 is 0 Å². The van der Waals surface area contributed by atoms with E-state index in [1.165, 1.54) is 0 Å². The van der Waals surface area contributed by atoms with Crippen molar-refractivity contribution in [1.82, 2.24) is 0 Å². The Balaban J connectivity index is 2.25. The maximum absolute atomic E-state index is 12.5. The quantitative estimate of drug-likeness (QED) is 0.848. The molecule has 2 rings (SSSR count). The Labute approximate surface area is 132 Å². The first-order valence-corrected chi connectivity index (χ1v) is 8.36. The number of rotatable bonds is 5. The summed E-state index contributed by atoms with van der Waals surface area (Å²) < 4.78 is 18.0. The molecule has 0 aliphatic heterocycles. The Bertz CT molecular complexity index is 673. The normalized spacial score (nSPS) is 12.1. The molecule has 0 aliphatic rings. The van der Waals surface area contributed by atoms with E-state index in [0.717, 1.165) is 11.1 Å². The fraction of sp³-hybridized carbons (Fsp3) is 0.250. The van der Waals surface area contributed by atoms with E-state index in [1.807, 2.05) is 32.0 Å². The minimum Gasteiger partial charge on any atom is -0.494 e. The number of benzene rings is 2. The molecule has 1 atom stereocenters. The summed E-state index contributed by atoms with van der Waals surface area (Å²) in [5, 5.41) is 0.628. The Morgan fingerprint density at radius 3 is 2.67 bits per heavy atom. The topological polar surface area (TPSA) is 52.3 Å². The number of halogens is 1. The second-order valence-corrected chi connectivity index (χ2v) is 6.54. The van der Waals surface area contributed by atoms with Crippen molar-refractivity contribution in [2.24, 2.45) is 0 Å². The summed E-state index contributed by atoms with van der Waals surface area (Å²) in [6.45, 7) is 4.43. The number of nitrogen functional groups attached to an aromatic ring is 1. The van der Waals surface area contributed by atoms with Gasteiger partial charge in [-0.15, -0.1) is 0 Å². The van der Waals surface area contributed by atoms with Crippen LogP contribution in [0.4, 0.5) is 5.69 Å². The molecule has 2 aromatic rings. The van der Waals surface area contributed by atoms with Crippen LogP contribution in [-0.2, 0) is 16.6 Å². The SMILES string of the molecule is CCOc1ccc(N)c(S(=O)Cc2ccc(C)cc2Cl)c1. The van der Waals surface area contributed by atoms with Crippen molar-refractivity contribution >= 4 is 28.1 Å². The molecule has 21 heavy (non-hydrogen) atoms. The summed E-state index contributed by atoms with van der Waals surface area (Å²) >= 11 is 6.19. The number of nitrogens with two attached hydrogens (primary N) is 1. The van der Waals surface area contributed by atoms with Crippen LogP contribution in [-0.4, -0.2) is 10.8 Å². The van der Waals surface area contributed by atoms with E-state index < -0.39 is 10.8 Å². The zero-order valence-electron chi connectivity index (χ0n) is 12.1. The van der Waals surface area contributed by atoms with Gasteiger partial charge in [0.25, 0.3) is 0 Å². The van der Waals surface area contributed by atoms with Crippen molar-refractivity contribution in [3.8, 4) is 5.75 Å². The predicted octanol–water partition coefficient (Wildman–Crippen LogP) is 3.94. The Morgan fingerprint density at radius 1 is 1.24 bits per heavy atom. The van der Waals surface area contributed by atoms with Crippen molar-refractivity contribution in [3.63, 3.8) is 0 Å². The standard InChI is InChI=1S/C16H18ClNO2S/c1-3-20-13-6-7-15(18)16(9-13)21(19)10-12-5-4-11(2)8-14(12)17/h4-9H,3,10,18H2,1-2H3. The number of hydrogen-bond donors (Lipinski definition) is 1. The number of hydrogen-bond acceptors (Lipinski definition) is 3. The smallest absolute Gasteiger partial charge is 0.120 e. The third-order valence-corrected chi connectivity index (χ3v) is 4.81. The Morgan fingerprint density at radius 2 is 2.00 bits per heavy atom. The highest BCUT2D eigenvalue weighted by atomic mass is 35.5. The first-order valence-electron chi connectivity index (χ1n) is 6.67. The molecule has 0 spiro atoms. The van der Waals surface area contributed by atoms with Crippen molar-refractivity contribution in [2.45, 2.75) is 24.5 Å². The fourth-order valence-corrected chi connectivity index (χ4v) is 3.61. The highest BCUT2D eigenvalue weighted by Gasteiger charge is 2.12. The number of ether oxygens (including phenoxy) is 1. The third kappa shape index (κ3) is 3.99. The van der Waals surface area contributed by atoms with E-state index in [4.69, 9.17) is 22.1 Å². The summed E-state index contributed by atoms with van der Waals surface area (Å²) in [5.41, 5.74) is 8.35. The largest absolute Gasteiger partial charge is 0.494 e. The van der Waals surface area contributed by atoms with Crippen molar-refractivity contribution in [3.05, 3.63) is 52.5 Å². The molecular weight excluding hydrogens is 306 g/mol. The van der Waals surface area contributed by atoms with Gasteiger partial charge in [-0.2, -0.15) is 0 Å². The van der Waals surface area contributed by atoms with Crippen molar-refractivity contribution in [1.29, 1.82) is 0 Å². The highest BCUT2D eigenvalue weighted by molar-refractivity contribution is 7.84. The van der Waals surface area contributed by atoms with Crippen molar-refractivity contribution < 1.29 is 8.95 Å². The van der Waals surface area contributed by atoms with Gasteiger partial charge in [-0.25, -0.2) is 0 Å². The minimum absolute atomic E-state index is 0.332. The fourth-order valence-electron chi connectivity index (χ4n) is 1.96. The highest BCUT2D eigenvalue weighted by Crippen LogP contribution is 2.27. The Hall–Kier alpha value is -1.52. The lowest BCUT2D eigenvalue weighted by Crippen LogP contribution is -2.03. The molecule has 0 fully saturated rings. The summed E-state index contributed by atoms with van der Waals surface area (Å²) in [7, 11) is -1.27. The van der Waals surface area contributed by atoms with Crippen LogP contribution < -0.4 is 10.5 Å². The van der Waals surface area contributed by atoms with E-state index in [2.05, 4.69) is 0 Å². The van der Waals surface area contributed by atoms with Crippen molar-refractivity contribution in [2.75, 3.05) is 12.3 Å². The lowest BCUT2D eigenvalue weighted by molar-refractivity contribution is 0.339. The molecule has 112 valence electrons. The monoisotopic (exact) mass is 323 g/mol. The van der Waals surface area contributed by atoms with Crippen LogP contribution in [0.15, 0.2) is 41.3 Å². The van der Waals surface area contributed by atoms with Crippen LogP contribution in [0.2, 0.25) is 5.02 Å². The molecule has 0 saturated heterocycles. The minimum atomic E-state index is -1.27. The number of anilines is 1. The average Bonchev–Trinajstić information content (AvgIpc) is 2.44. The zero-order chi connectivity index (χ0) is 15.4. The first-order chi connectivity index (χ1) is 10.0. The average molecular weight is 324 g/mol. The van der Waals surface area contributed by atoms with Gasteiger partial charge in [0, 0.05) is 10.7 Å². The summed E-state index contributed by atoms with van der Waals surface area (Å²) in [6, 6.07) is 11.0. The molecule has 0 aromatic heterocycles. The van der Waals surface area contributed by atoms with E-state index in [1.54, 1.807) is 18.2 Å². The van der Waals surface area contributed by atoms with Gasteiger partial charge in [0.15, 0.2) is 0 Å². The molecule has 0 radical (unpaired) electrons. The molecule has 3 nitrogen and oxygen atoms in total. The molecule has 0 aliphatic carbocycles. The van der Waals surface area contributed by atoms with Crippen LogP contribution in [0.1, 0.15) is 18.1 Å². The summed E-state index contributed by atoms with van der Waals surface area (Å²) in [5.74, 6) is 1.00. The third-order valence-electron chi connectivity index (χ3n) is 3.04. The number of aryl methyl sites for hydroxylation is 1. The molecule has 0 amide bonds. The molecule has 0 heterocycles. The van der Waals surface area contributed by atoms with Crippen LogP contribution in [0.5, 0.6) is 5.75 Å². The van der Waals surface area contributed by atoms with Gasteiger partial charge >= 0.3 is 0 Å². The summed E-state index contributed by atoms with van der Waals surface area (Å²) in [6.07, 6.45) is 0. The molecule has 0 saturated carbocycles. The molecule has 1 unspecified atom stereocenters. The molecular formula is C16H18ClNO2S. The van der Waals surface area contributed by atoms with Gasteiger partial charge in [0.1, 0.15) is 5.75 Å². The lowest BCUT2D eigenvalue weighted by Gasteiger charge is -2.10. The van der Waals surface area contributed by atoms with Gasteiger partial charge in [0.2, 0.25) is 0 Å². The van der Waals surface area contributed by atoms with E-state index in [9.17, 15) is 4.21 Å². The zero-order valence-corrected chi connectivity index (χ0v) is 13.6. The van der Waals surface area contributed by atoms with Gasteiger partial charge < -0.3 is 10.5 Å². The van der Waals surface area contributed by atoms with Gasteiger partial charge in [-0.05, 0) is 49.2 Å². The molecule has 5 heteroatoms. The lowest BCUT2D eigenvalue weighted by atomic mass is 10.2. The molecule has 0 bridgehead atoms. The second kappa shape index (κ2) is 6.96. The van der Waals surface area contributed by atoms with Gasteiger partial charge in [-0.3, -0.25) is 4.21 Å². The summed E-state index contributed by atoms with van der Waals surface area (Å²) in [4.78, 5) is 0.581. The predicted molar refractivity (Wildman–Crippen MR) is 88.3 cm³/mol.